The van der Waals surface area contributed by atoms with Gasteiger partial charge in [0, 0.05) is 43.4 Å². The smallest absolute Gasteiger partial charge is 0.265 e. The number of hydrogen-bond acceptors (Lipinski definition) is 6. The number of hydrogen-bond donors (Lipinski definition) is 0. The maximum atomic E-state index is 13.2. The Bertz CT molecular complexity index is 1180. The van der Waals surface area contributed by atoms with Crippen molar-refractivity contribution in [2.75, 3.05) is 39.0 Å². The van der Waals surface area contributed by atoms with Crippen molar-refractivity contribution in [2.24, 2.45) is 0 Å². The fraction of sp³-hybridized carbons (Fsp3) is 0.400. The largest absolute Gasteiger partial charge is 0.340 e. The summed E-state index contributed by atoms with van der Waals surface area (Å²) in [5.74, 6) is 0.766. The molecule has 30 heavy (non-hydrogen) atoms. The molecule has 10 heteroatoms. The number of thioether (sulfide) groups is 1. The van der Waals surface area contributed by atoms with Gasteiger partial charge in [-0.2, -0.15) is 5.10 Å². The van der Waals surface area contributed by atoms with Crippen LogP contribution in [0.3, 0.4) is 0 Å². The van der Waals surface area contributed by atoms with E-state index in [1.54, 1.807) is 27.6 Å². The normalized spacial score (nSPS) is 19.4. The van der Waals surface area contributed by atoms with Crippen molar-refractivity contribution >= 4 is 40.3 Å². The highest BCUT2D eigenvalue weighted by Crippen LogP contribution is 2.34. The summed E-state index contributed by atoms with van der Waals surface area (Å²) < 4.78 is 3.30. The molecule has 0 N–H and O–H groups in total. The zero-order valence-corrected chi connectivity index (χ0v) is 18.1. The zero-order chi connectivity index (χ0) is 20.8. The molecule has 0 unspecified atom stereocenters. The molecular formula is C20H21ClN6O2S. The quantitative estimate of drug-likeness (QED) is 0.575. The SMILES string of the molecule is CN1CCN(C(=O)C[C@@H]2CSc3nc4c(cnn4-c4cccc(Cl)c4)c(=O)n32)CC1. The van der Waals surface area contributed by atoms with Crippen LogP contribution in [0.15, 0.2) is 40.4 Å². The Hall–Kier alpha value is -2.36. The first kappa shape index (κ1) is 19.6. The molecule has 8 nitrogen and oxygen atoms in total. The molecule has 1 saturated heterocycles. The predicted molar refractivity (Wildman–Crippen MR) is 117 cm³/mol. The Morgan fingerprint density at radius 1 is 1.27 bits per heavy atom. The molecule has 4 heterocycles. The molecule has 1 atom stereocenters. The summed E-state index contributed by atoms with van der Waals surface area (Å²) in [6.45, 7) is 3.24. The van der Waals surface area contributed by atoms with Crippen LogP contribution in [0.5, 0.6) is 0 Å². The lowest BCUT2D eigenvalue weighted by molar-refractivity contribution is -0.133. The highest BCUT2D eigenvalue weighted by Gasteiger charge is 2.31. The van der Waals surface area contributed by atoms with E-state index in [1.165, 1.54) is 11.8 Å². The minimum Gasteiger partial charge on any atom is -0.340 e. The lowest BCUT2D eigenvalue weighted by Gasteiger charge is -2.33. The molecule has 0 spiro atoms. The third-order valence-corrected chi connectivity index (χ3v) is 7.02. The monoisotopic (exact) mass is 444 g/mol. The minimum absolute atomic E-state index is 0.100. The predicted octanol–water partition coefficient (Wildman–Crippen LogP) is 2.05. The van der Waals surface area contributed by atoms with Crippen molar-refractivity contribution in [1.29, 1.82) is 0 Å². The maximum absolute atomic E-state index is 13.2. The number of benzene rings is 1. The van der Waals surface area contributed by atoms with Gasteiger partial charge >= 0.3 is 0 Å². The van der Waals surface area contributed by atoms with Gasteiger partial charge in [-0.25, -0.2) is 9.67 Å². The standard InChI is InChI=1S/C20H21ClN6O2S/c1-24-5-7-25(8-6-24)17(28)10-15-12-30-20-23-18-16(19(29)26(15)20)11-22-27(18)14-4-2-3-13(21)9-14/h2-4,9,11,15H,5-8,10,12H2,1H3/t15-/m1/s1. The number of halogens is 1. The van der Waals surface area contributed by atoms with Gasteiger partial charge in [0.15, 0.2) is 10.8 Å². The summed E-state index contributed by atoms with van der Waals surface area (Å²) in [6, 6.07) is 7.09. The van der Waals surface area contributed by atoms with Crippen LogP contribution in [-0.4, -0.2) is 74.0 Å². The summed E-state index contributed by atoms with van der Waals surface area (Å²) >= 11 is 7.62. The van der Waals surface area contributed by atoms with E-state index in [2.05, 4.69) is 17.0 Å². The molecule has 0 radical (unpaired) electrons. The van der Waals surface area contributed by atoms with Gasteiger partial charge in [-0.3, -0.25) is 14.2 Å². The number of amides is 1. The van der Waals surface area contributed by atoms with E-state index >= 15 is 0 Å². The van der Waals surface area contributed by atoms with E-state index in [4.69, 9.17) is 16.6 Å². The molecule has 156 valence electrons. The van der Waals surface area contributed by atoms with Gasteiger partial charge in [0.05, 0.1) is 17.9 Å². The molecule has 0 aliphatic carbocycles. The lowest BCUT2D eigenvalue weighted by Crippen LogP contribution is -2.47. The average Bonchev–Trinajstić information content (AvgIpc) is 3.33. The number of likely N-dealkylation sites (N-methyl/N-ethyl adjacent to an activating group) is 1. The molecule has 1 amide bonds. The maximum Gasteiger partial charge on any atom is 0.265 e. The van der Waals surface area contributed by atoms with Crippen molar-refractivity contribution in [3.05, 3.63) is 45.8 Å². The second-order valence-electron chi connectivity index (χ2n) is 7.70. The number of aromatic nitrogens is 4. The topological polar surface area (TPSA) is 76.3 Å². The van der Waals surface area contributed by atoms with Crippen LogP contribution in [0.1, 0.15) is 12.5 Å². The number of fused-ring (bicyclic) bond motifs is 2. The lowest BCUT2D eigenvalue weighted by atomic mass is 10.2. The molecule has 2 aliphatic heterocycles. The van der Waals surface area contributed by atoms with Gasteiger partial charge in [-0.05, 0) is 25.2 Å². The molecule has 0 bridgehead atoms. The van der Waals surface area contributed by atoms with E-state index in [9.17, 15) is 9.59 Å². The summed E-state index contributed by atoms with van der Waals surface area (Å²) in [6.07, 6.45) is 1.86. The van der Waals surface area contributed by atoms with Gasteiger partial charge in [-0.1, -0.05) is 29.4 Å². The number of carbonyl (C=O) groups is 1. The molecule has 1 aromatic carbocycles. The van der Waals surface area contributed by atoms with Crippen LogP contribution in [0.2, 0.25) is 5.02 Å². The third kappa shape index (κ3) is 3.40. The van der Waals surface area contributed by atoms with E-state index in [0.29, 0.717) is 33.4 Å². The molecular weight excluding hydrogens is 424 g/mol. The van der Waals surface area contributed by atoms with Crippen molar-refractivity contribution in [1.82, 2.24) is 29.1 Å². The van der Waals surface area contributed by atoms with Crippen molar-refractivity contribution in [3.63, 3.8) is 0 Å². The van der Waals surface area contributed by atoms with Gasteiger partial charge in [0.1, 0.15) is 5.39 Å². The molecule has 1 fully saturated rings. The Morgan fingerprint density at radius 2 is 2.07 bits per heavy atom. The fourth-order valence-corrected chi connectivity index (χ4v) is 5.28. The van der Waals surface area contributed by atoms with Gasteiger partial charge in [0.2, 0.25) is 5.91 Å². The Kier molecular flexibility index (Phi) is 5.04. The molecule has 2 aromatic heterocycles. The highest BCUT2D eigenvalue weighted by molar-refractivity contribution is 7.99. The van der Waals surface area contributed by atoms with Gasteiger partial charge in [0.25, 0.3) is 5.56 Å². The second kappa shape index (κ2) is 7.72. The molecule has 0 saturated carbocycles. The molecule has 5 rings (SSSR count). The number of carbonyl (C=O) groups excluding carboxylic acids is 1. The molecule has 2 aliphatic rings. The Labute approximate surface area is 182 Å². The Morgan fingerprint density at radius 3 is 2.83 bits per heavy atom. The van der Waals surface area contributed by atoms with Crippen molar-refractivity contribution in [3.8, 4) is 5.69 Å². The highest BCUT2D eigenvalue weighted by atomic mass is 35.5. The summed E-state index contributed by atoms with van der Waals surface area (Å²) in [5, 5.41) is 6.03. The first-order valence-corrected chi connectivity index (χ1v) is 11.2. The summed E-state index contributed by atoms with van der Waals surface area (Å²) in [4.78, 5) is 34.9. The van der Waals surface area contributed by atoms with Crippen LogP contribution in [0.25, 0.3) is 16.7 Å². The van der Waals surface area contributed by atoms with Crippen LogP contribution >= 0.6 is 23.4 Å². The summed E-state index contributed by atoms with van der Waals surface area (Å²) in [5.41, 5.74) is 1.11. The second-order valence-corrected chi connectivity index (χ2v) is 9.12. The van der Waals surface area contributed by atoms with E-state index < -0.39 is 0 Å². The zero-order valence-electron chi connectivity index (χ0n) is 16.5. The first-order chi connectivity index (χ1) is 14.5. The number of nitrogens with zero attached hydrogens (tertiary/aromatic N) is 6. The minimum atomic E-state index is -0.184. The van der Waals surface area contributed by atoms with Crippen LogP contribution in [0.4, 0.5) is 0 Å². The average molecular weight is 445 g/mol. The third-order valence-electron chi connectivity index (χ3n) is 5.69. The van der Waals surface area contributed by atoms with Crippen LogP contribution in [-0.2, 0) is 4.79 Å². The van der Waals surface area contributed by atoms with Crippen molar-refractivity contribution < 1.29 is 4.79 Å². The number of piperazine rings is 1. The number of rotatable bonds is 3. The van der Waals surface area contributed by atoms with Gasteiger partial charge in [-0.15, -0.1) is 0 Å². The van der Waals surface area contributed by atoms with E-state index in [1.807, 2.05) is 17.0 Å². The fourth-order valence-electron chi connectivity index (χ4n) is 3.96. The first-order valence-electron chi connectivity index (χ1n) is 9.86. The Balaban J connectivity index is 1.46. The van der Waals surface area contributed by atoms with Crippen molar-refractivity contribution in [2.45, 2.75) is 17.6 Å². The molecule has 3 aromatic rings. The van der Waals surface area contributed by atoms with E-state index in [0.717, 1.165) is 31.9 Å². The van der Waals surface area contributed by atoms with Gasteiger partial charge < -0.3 is 9.80 Å². The van der Waals surface area contributed by atoms with Crippen LogP contribution in [0, 0.1) is 0 Å². The van der Waals surface area contributed by atoms with E-state index in [-0.39, 0.29) is 17.5 Å². The summed E-state index contributed by atoms with van der Waals surface area (Å²) in [7, 11) is 2.06. The van der Waals surface area contributed by atoms with Crippen LogP contribution < -0.4 is 5.56 Å².